The number of carbonyl (C=O) groups is 4. The van der Waals surface area contributed by atoms with E-state index in [0.29, 0.717) is 25.8 Å². The summed E-state index contributed by atoms with van der Waals surface area (Å²) in [5.41, 5.74) is 4.70. The molecular formula is C30H40N4O6. The first kappa shape index (κ1) is 30.6. The molecule has 3 amide bonds. The van der Waals surface area contributed by atoms with Gasteiger partial charge >= 0.3 is 12.2 Å². The van der Waals surface area contributed by atoms with Crippen LogP contribution >= 0.6 is 0 Å². The molecule has 1 fully saturated rings. The van der Waals surface area contributed by atoms with Crippen molar-refractivity contribution in [3.63, 3.8) is 0 Å². The molecule has 2 aromatic carbocycles. The Morgan fingerprint density at radius 2 is 1.45 bits per heavy atom. The first-order chi connectivity index (χ1) is 19.1. The summed E-state index contributed by atoms with van der Waals surface area (Å²) < 4.78 is 10.6. The summed E-state index contributed by atoms with van der Waals surface area (Å²) in [7, 11) is 0. The number of hydrogen-bond donors (Lipinski definition) is 3. The van der Waals surface area contributed by atoms with Crippen LogP contribution in [0.4, 0.5) is 9.59 Å². The largest absolute Gasteiger partial charge is 0.445 e. The topological polar surface area (TPSA) is 126 Å². The Bertz CT molecular complexity index is 1130. The lowest BCUT2D eigenvalue weighted by atomic mass is 9.97. The molecule has 1 unspecified atom stereocenters. The van der Waals surface area contributed by atoms with Crippen LogP contribution in [0.25, 0.3) is 0 Å². The average molecular weight is 553 g/mol. The third kappa shape index (κ3) is 9.68. The summed E-state index contributed by atoms with van der Waals surface area (Å²) in [5.74, 6) is -0.824. The summed E-state index contributed by atoms with van der Waals surface area (Å²) in [6.45, 7) is 8.10. The molecule has 216 valence electrons. The highest BCUT2D eigenvalue weighted by atomic mass is 16.6. The fourth-order valence-corrected chi connectivity index (χ4v) is 4.33. The zero-order valence-electron chi connectivity index (χ0n) is 23.6. The lowest BCUT2D eigenvalue weighted by Gasteiger charge is -2.25. The molecule has 0 spiro atoms. The van der Waals surface area contributed by atoms with Crippen molar-refractivity contribution in [3.8, 4) is 0 Å². The van der Waals surface area contributed by atoms with Gasteiger partial charge in [0.1, 0.15) is 12.6 Å². The zero-order chi connectivity index (χ0) is 29.1. The third-order valence-corrected chi connectivity index (χ3v) is 6.33. The molecule has 1 aliphatic rings. The Kier molecular flexibility index (Phi) is 11.5. The maximum Gasteiger partial charge on any atom is 0.426 e. The number of ketones is 1. The van der Waals surface area contributed by atoms with E-state index in [1.165, 1.54) is 5.01 Å². The second-order valence-corrected chi connectivity index (χ2v) is 10.8. The lowest BCUT2D eigenvalue weighted by Crippen LogP contribution is -2.55. The molecule has 3 N–H and O–H groups in total. The van der Waals surface area contributed by atoms with Crippen molar-refractivity contribution in [2.24, 2.45) is 11.8 Å². The summed E-state index contributed by atoms with van der Waals surface area (Å²) in [4.78, 5) is 51.7. The molecule has 40 heavy (non-hydrogen) atoms. The van der Waals surface area contributed by atoms with E-state index in [4.69, 9.17) is 9.47 Å². The van der Waals surface area contributed by atoms with Gasteiger partial charge in [0.05, 0.1) is 6.04 Å². The quantitative estimate of drug-likeness (QED) is 0.324. The van der Waals surface area contributed by atoms with E-state index >= 15 is 0 Å². The van der Waals surface area contributed by atoms with Crippen molar-refractivity contribution in [1.82, 2.24) is 21.1 Å². The van der Waals surface area contributed by atoms with E-state index in [1.807, 2.05) is 88.4 Å². The predicted octanol–water partition coefficient (Wildman–Crippen LogP) is 3.95. The highest BCUT2D eigenvalue weighted by Crippen LogP contribution is 2.15. The number of carbonyl (C=O) groups excluding carboxylic acids is 4. The van der Waals surface area contributed by atoms with Crippen molar-refractivity contribution in [2.75, 3.05) is 6.54 Å². The Morgan fingerprint density at radius 1 is 0.875 bits per heavy atom. The normalized spacial score (nSPS) is 16.4. The van der Waals surface area contributed by atoms with Gasteiger partial charge < -0.3 is 20.1 Å². The molecule has 10 nitrogen and oxygen atoms in total. The van der Waals surface area contributed by atoms with Crippen LogP contribution in [0.1, 0.15) is 51.7 Å². The van der Waals surface area contributed by atoms with Crippen LogP contribution in [0.3, 0.4) is 0 Å². The van der Waals surface area contributed by atoms with E-state index in [0.717, 1.165) is 11.1 Å². The number of nitrogens with zero attached hydrogens (tertiary/aromatic N) is 1. The van der Waals surface area contributed by atoms with Crippen molar-refractivity contribution >= 4 is 23.9 Å². The molecule has 3 atom stereocenters. The van der Waals surface area contributed by atoms with Crippen LogP contribution in [-0.4, -0.2) is 53.7 Å². The fraction of sp³-hybridized carbons (Fsp3) is 0.467. The summed E-state index contributed by atoms with van der Waals surface area (Å²) in [6, 6.07) is 17.0. The maximum absolute atomic E-state index is 13.4. The van der Waals surface area contributed by atoms with E-state index < -0.39 is 42.2 Å². The highest BCUT2D eigenvalue weighted by molar-refractivity contribution is 5.95. The Morgan fingerprint density at radius 3 is 2.05 bits per heavy atom. The van der Waals surface area contributed by atoms with Crippen LogP contribution in [0.5, 0.6) is 0 Å². The molecule has 1 heterocycles. The summed E-state index contributed by atoms with van der Waals surface area (Å²) >= 11 is 0. The Hall–Kier alpha value is -3.92. The number of amides is 3. The van der Waals surface area contributed by atoms with E-state index in [-0.39, 0.29) is 18.4 Å². The second-order valence-electron chi connectivity index (χ2n) is 10.8. The van der Waals surface area contributed by atoms with Crippen molar-refractivity contribution < 1.29 is 28.7 Å². The van der Waals surface area contributed by atoms with Crippen molar-refractivity contribution in [2.45, 2.75) is 71.9 Å². The van der Waals surface area contributed by atoms with Gasteiger partial charge in [0.25, 0.3) is 0 Å². The summed E-state index contributed by atoms with van der Waals surface area (Å²) in [6.07, 6.45) is -1.34. The predicted molar refractivity (Wildman–Crippen MR) is 150 cm³/mol. The monoisotopic (exact) mass is 552 g/mol. The van der Waals surface area contributed by atoms with Crippen LogP contribution in [0.2, 0.25) is 0 Å². The number of Topliss-reactive ketones (excluding diaryl/α,β-unsaturated/α-hetero) is 1. The number of ether oxygens (including phenoxy) is 2. The molecule has 1 saturated heterocycles. The number of nitrogens with one attached hydrogen (secondary N) is 3. The first-order valence-corrected chi connectivity index (χ1v) is 13.7. The highest BCUT2D eigenvalue weighted by Gasteiger charge is 2.40. The van der Waals surface area contributed by atoms with E-state index in [9.17, 15) is 19.2 Å². The van der Waals surface area contributed by atoms with Gasteiger partial charge in [-0.25, -0.2) is 14.6 Å². The van der Waals surface area contributed by atoms with Crippen LogP contribution in [-0.2, 0) is 32.1 Å². The van der Waals surface area contributed by atoms with Crippen molar-refractivity contribution in [3.05, 3.63) is 71.8 Å². The zero-order valence-corrected chi connectivity index (χ0v) is 23.6. The molecule has 0 bridgehead atoms. The molecule has 10 heteroatoms. The number of hydrazine groups is 1. The number of cyclic esters (lactones) is 1. The smallest absolute Gasteiger partial charge is 0.426 e. The minimum absolute atomic E-state index is 0.0629. The molecule has 3 rings (SSSR count). The van der Waals surface area contributed by atoms with Gasteiger partial charge in [-0.05, 0) is 42.2 Å². The SMILES string of the molecule is CC(C)C[C@H](NC(=O)OCc1ccccc1)C(=O)N[C@@H](CC(C)C)C(=O)C1NN(CCc2ccccc2)C(=O)O1. The Labute approximate surface area is 235 Å². The van der Waals surface area contributed by atoms with Gasteiger partial charge in [0, 0.05) is 6.54 Å². The number of rotatable bonds is 14. The van der Waals surface area contributed by atoms with Gasteiger partial charge in [-0.1, -0.05) is 88.4 Å². The van der Waals surface area contributed by atoms with Crippen LogP contribution in [0, 0.1) is 11.8 Å². The first-order valence-electron chi connectivity index (χ1n) is 13.7. The van der Waals surface area contributed by atoms with Gasteiger partial charge in [-0.15, -0.1) is 0 Å². The Balaban J connectivity index is 1.61. The average Bonchev–Trinajstić information content (AvgIpc) is 3.30. The molecular weight excluding hydrogens is 512 g/mol. The maximum atomic E-state index is 13.4. The second kappa shape index (κ2) is 15.0. The van der Waals surface area contributed by atoms with Gasteiger partial charge in [-0.3, -0.25) is 9.59 Å². The minimum Gasteiger partial charge on any atom is -0.445 e. The standard InChI is InChI=1S/C30H40N4O6/c1-20(2)17-24(26(35)28-33-34(30(38)40-28)16-15-22-11-7-5-8-12-22)31-27(36)25(18-21(3)4)32-29(37)39-19-23-13-9-6-10-14-23/h5-14,20-21,24-25,28,33H,15-19H2,1-4H3,(H,31,36)(H,32,37)/t24-,25-,28?/m0/s1. The molecule has 0 saturated carbocycles. The van der Waals surface area contributed by atoms with Crippen molar-refractivity contribution in [1.29, 1.82) is 0 Å². The van der Waals surface area contributed by atoms with E-state index in [2.05, 4.69) is 16.1 Å². The molecule has 1 aliphatic heterocycles. The number of hydrogen-bond acceptors (Lipinski definition) is 7. The molecule has 0 radical (unpaired) electrons. The van der Waals surface area contributed by atoms with Gasteiger partial charge in [0.15, 0.2) is 0 Å². The summed E-state index contributed by atoms with van der Waals surface area (Å²) in [5, 5.41) is 6.70. The number of alkyl carbamates (subject to hydrolysis) is 1. The molecule has 0 aliphatic carbocycles. The fourth-order valence-electron chi connectivity index (χ4n) is 4.33. The minimum atomic E-state index is -1.22. The van der Waals surface area contributed by atoms with E-state index in [1.54, 1.807) is 0 Å². The molecule has 2 aromatic rings. The molecule has 0 aromatic heterocycles. The van der Waals surface area contributed by atoms with Gasteiger partial charge in [-0.2, -0.15) is 5.43 Å². The van der Waals surface area contributed by atoms with Crippen LogP contribution < -0.4 is 16.1 Å². The number of benzene rings is 2. The van der Waals surface area contributed by atoms with Gasteiger partial charge in [0.2, 0.25) is 17.9 Å². The third-order valence-electron chi connectivity index (χ3n) is 6.33. The van der Waals surface area contributed by atoms with Crippen LogP contribution in [0.15, 0.2) is 60.7 Å². The lowest BCUT2D eigenvalue weighted by molar-refractivity contribution is -0.134.